The van der Waals surface area contributed by atoms with Gasteiger partial charge in [-0.3, -0.25) is 9.69 Å². The number of hydrogen-bond acceptors (Lipinski definition) is 9. The van der Waals surface area contributed by atoms with Crippen molar-refractivity contribution in [3.8, 4) is 5.75 Å². The Morgan fingerprint density at radius 2 is 1.94 bits per heavy atom. The molecule has 10 heteroatoms. The predicted molar refractivity (Wildman–Crippen MR) is 138 cm³/mol. The van der Waals surface area contributed by atoms with Crippen LogP contribution in [-0.4, -0.2) is 78.4 Å². The van der Waals surface area contributed by atoms with E-state index in [2.05, 4.69) is 31.5 Å². The molecule has 0 radical (unpaired) electrons. The molecule has 4 aliphatic rings. The maximum atomic E-state index is 12.3. The zero-order chi connectivity index (χ0) is 24.6. The molecular formula is C26H35N7O3. The molecule has 10 nitrogen and oxygen atoms in total. The first-order valence-electron chi connectivity index (χ1n) is 13.2. The summed E-state index contributed by atoms with van der Waals surface area (Å²) in [5.74, 6) is 1.27. The molecule has 36 heavy (non-hydrogen) atoms. The number of hydrogen-bond donors (Lipinski definition) is 3. The number of benzene rings is 1. The predicted octanol–water partition coefficient (Wildman–Crippen LogP) is 2.52. The van der Waals surface area contributed by atoms with Crippen molar-refractivity contribution in [3.05, 3.63) is 29.6 Å². The second-order valence-corrected chi connectivity index (χ2v) is 10.2. The zero-order valence-electron chi connectivity index (χ0n) is 20.8. The van der Waals surface area contributed by atoms with Crippen LogP contribution in [0.5, 0.6) is 5.75 Å². The minimum absolute atomic E-state index is 0.138. The number of primary amides is 1. The van der Waals surface area contributed by atoms with E-state index in [0.29, 0.717) is 30.7 Å². The highest BCUT2D eigenvalue weighted by molar-refractivity contribution is 5.96. The first-order valence-corrected chi connectivity index (χ1v) is 13.2. The second kappa shape index (κ2) is 9.74. The van der Waals surface area contributed by atoms with E-state index in [0.717, 1.165) is 74.5 Å². The molecule has 1 aromatic carbocycles. The summed E-state index contributed by atoms with van der Waals surface area (Å²) in [7, 11) is 0. The van der Waals surface area contributed by atoms with Gasteiger partial charge in [0.25, 0.3) is 5.91 Å². The van der Waals surface area contributed by atoms with Crippen molar-refractivity contribution in [2.24, 2.45) is 5.73 Å². The van der Waals surface area contributed by atoms with Crippen molar-refractivity contribution in [1.82, 2.24) is 14.9 Å². The second-order valence-electron chi connectivity index (χ2n) is 10.2. The third kappa shape index (κ3) is 4.67. The van der Waals surface area contributed by atoms with Crippen LogP contribution in [0.1, 0.15) is 48.8 Å². The Kier molecular flexibility index (Phi) is 6.30. The summed E-state index contributed by atoms with van der Waals surface area (Å²) in [4.78, 5) is 26.7. The molecular weight excluding hydrogens is 458 g/mol. The number of aryl methyl sites for hydroxylation is 1. The van der Waals surface area contributed by atoms with Crippen LogP contribution in [-0.2, 0) is 11.2 Å². The molecule has 1 aromatic heterocycles. The Balaban J connectivity index is 1.24. The van der Waals surface area contributed by atoms with Gasteiger partial charge in [-0.2, -0.15) is 0 Å². The van der Waals surface area contributed by atoms with Gasteiger partial charge in [-0.25, -0.2) is 9.97 Å². The highest BCUT2D eigenvalue weighted by Crippen LogP contribution is 2.39. The number of anilines is 4. The molecule has 6 rings (SSSR count). The summed E-state index contributed by atoms with van der Waals surface area (Å²) in [6.07, 6.45) is 5.12. The summed E-state index contributed by atoms with van der Waals surface area (Å²) in [6, 6.07) is 7.50. The average Bonchev–Trinajstić information content (AvgIpc) is 3.74. The van der Waals surface area contributed by atoms with Gasteiger partial charge in [-0.15, -0.1) is 0 Å². The van der Waals surface area contributed by atoms with Crippen LogP contribution in [0.2, 0.25) is 0 Å². The molecule has 4 heterocycles. The van der Waals surface area contributed by atoms with E-state index < -0.39 is 5.91 Å². The highest BCUT2D eigenvalue weighted by atomic mass is 16.5. The molecule has 2 saturated heterocycles. The van der Waals surface area contributed by atoms with Gasteiger partial charge >= 0.3 is 0 Å². The largest absolute Gasteiger partial charge is 0.489 e. The molecule has 3 aliphatic heterocycles. The Morgan fingerprint density at radius 1 is 1.11 bits per heavy atom. The number of nitrogens with two attached hydrogens (primary N) is 1. The minimum atomic E-state index is -0.608. The van der Waals surface area contributed by atoms with Crippen molar-refractivity contribution in [3.63, 3.8) is 0 Å². The van der Waals surface area contributed by atoms with E-state index in [-0.39, 0.29) is 11.7 Å². The number of nitrogens with one attached hydrogen (secondary N) is 2. The normalized spacial score (nSPS) is 22.4. The Morgan fingerprint density at radius 3 is 2.69 bits per heavy atom. The van der Waals surface area contributed by atoms with Gasteiger partial charge in [0.15, 0.2) is 17.3 Å². The number of aromatic nitrogens is 2. The van der Waals surface area contributed by atoms with Gasteiger partial charge in [0.1, 0.15) is 12.4 Å². The molecule has 1 atom stereocenters. The van der Waals surface area contributed by atoms with Crippen LogP contribution < -0.4 is 26.0 Å². The lowest BCUT2D eigenvalue weighted by atomic mass is 10.1. The summed E-state index contributed by atoms with van der Waals surface area (Å²) in [6.45, 7) is 7.30. The van der Waals surface area contributed by atoms with E-state index in [1.807, 2.05) is 19.1 Å². The number of carbonyl (C=O) groups excluding carboxylic acids is 1. The molecule has 0 spiro atoms. The van der Waals surface area contributed by atoms with Gasteiger partial charge in [0.2, 0.25) is 0 Å². The molecule has 0 bridgehead atoms. The monoisotopic (exact) mass is 493 g/mol. The number of carbonyl (C=O) groups is 1. The van der Waals surface area contributed by atoms with Crippen LogP contribution in [0.15, 0.2) is 18.2 Å². The fraction of sp³-hybridized carbons (Fsp3) is 0.577. The van der Waals surface area contributed by atoms with Crippen molar-refractivity contribution in [2.75, 3.05) is 55.0 Å². The van der Waals surface area contributed by atoms with Crippen LogP contribution in [0.25, 0.3) is 0 Å². The van der Waals surface area contributed by atoms with E-state index in [9.17, 15) is 4.79 Å². The first kappa shape index (κ1) is 23.3. The van der Waals surface area contributed by atoms with Crippen molar-refractivity contribution in [2.45, 2.75) is 57.2 Å². The topological polar surface area (TPSA) is 118 Å². The van der Waals surface area contributed by atoms with Crippen molar-refractivity contribution >= 4 is 28.9 Å². The summed E-state index contributed by atoms with van der Waals surface area (Å²) >= 11 is 0. The number of nitrogens with zero attached hydrogens (tertiary/aromatic N) is 4. The number of ether oxygens (including phenoxy) is 2. The van der Waals surface area contributed by atoms with E-state index >= 15 is 0 Å². The third-order valence-electron chi connectivity index (χ3n) is 7.64. The maximum Gasteiger partial charge on any atom is 0.271 e. The number of piperazine rings is 1. The third-order valence-corrected chi connectivity index (χ3v) is 7.64. The summed E-state index contributed by atoms with van der Waals surface area (Å²) in [5, 5.41) is 6.80. The van der Waals surface area contributed by atoms with Crippen LogP contribution in [0.4, 0.5) is 23.0 Å². The molecule has 0 unspecified atom stereocenters. The lowest BCUT2D eigenvalue weighted by Crippen LogP contribution is -2.57. The zero-order valence-corrected chi connectivity index (χ0v) is 20.8. The van der Waals surface area contributed by atoms with E-state index in [1.54, 1.807) is 0 Å². The first-order chi connectivity index (χ1) is 17.6. The molecule has 1 saturated carbocycles. The van der Waals surface area contributed by atoms with Crippen molar-refractivity contribution in [1.29, 1.82) is 0 Å². The van der Waals surface area contributed by atoms with E-state index in [4.69, 9.17) is 20.2 Å². The standard InChI is InChI=1S/C26H35N7O3/c1-2-20-25(28-16-7-11-35-12-8-16)31-26(23(30-20)24(27)34)29-17-3-6-21-22(13-17)36-15-19-14-32(18-4-5-18)9-10-33(19)21/h3,6,13,16,18-19H,2,4-5,7-12,14-15H2,1H3,(H2,27,34)(H2,28,29,31)/t19-/m0/s1. The fourth-order valence-electron chi connectivity index (χ4n) is 5.50. The van der Waals surface area contributed by atoms with Crippen LogP contribution >= 0.6 is 0 Å². The summed E-state index contributed by atoms with van der Waals surface area (Å²) in [5.41, 5.74) is 8.46. The van der Waals surface area contributed by atoms with Gasteiger partial charge in [-0.1, -0.05) is 6.92 Å². The van der Waals surface area contributed by atoms with Gasteiger partial charge in [-0.05, 0) is 44.2 Å². The SMILES string of the molecule is CCc1nc(C(N)=O)c(Nc2ccc3c(c2)OC[C@@H]2CN(C4CC4)CCN32)nc1NC1CCOCC1. The molecule has 3 fully saturated rings. The number of amides is 1. The Hall–Kier alpha value is -3.11. The van der Waals surface area contributed by atoms with Gasteiger partial charge < -0.3 is 30.7 Å². The Bertz CT molecular complexity index is 1130. The van der Waals surface area contributed by atoms with Gasteiger partial charge in [0, 0.05) is 56.7 Å². The quantitative estimate of drug-likeness (QED) is 0.535. The highest BCUT2D eigenvalue weighted by Gasteiger charge is 2.38. The lowest BCUT2D eigenvalue weighted by Gasteiger charge is -2.45. The van der Waals surface area contributed by atoms with Crippen LogP contribution in [0.3, 0.4) is 0 Å². The van der Waals surface area contributed by atoms with Crippen molar-refractivity contribution < 1.29 is 14.3 Å². The average molecular weight is 494 g/mol. The Labute approximate surface area is 211 Å². The number of rotatable bonds is 7. The molecule has 2 aromatic rings. The maximum absolute atomic E-state index is 12.3. The molecule has 4 N–H and O–H groups in total. The smallest absolute Gasteiger partial charge is 0.271 e. The molecule has 1 amide bonds. The van der Waals surface area contributed by atoms with E-state index in [1.165, 1.54) is 12.8 Å². The fourth-order valence-corrected chi connectivity index (χ4v) is 5.50. The molecule has 192 valence electrons. The van der Waals surface area contributed by atoms with Gasteiger partial charge in [0.05, 0.1) is 17.4 Å². The summed E-state index contributed by atoms with van der Waals surface area (Å²) < 4.78 is 11.7. The minimum Gasteiger partial charge on any atom is -0.489 e. The lowest BCUT2D eigenvalue weighted by molar-refractivity contribution is 0.0903. The molecule has 1 aliphatic carbocycles. The van der Waals surface area contributed by atoms with Crippen LogP contribution in [0, 0.1) is 0 Å². The number of fused-ring (bicyclic) bond motifs is 3.